The maximum absolute atomic E-state index is 11.6. The van der Waals surface area contributed by atoms with E-state index in [1.165, 1.54) is 38.5 Å². The van der Waals surface area contributed by atoms with E-state index in [1.54, 1.807) is 0 Å². The molecule has 2 aliphatic rings. The average molecular weight is 291 g/mol. The molecule has 0 spiro atoms. The smallest absolute Gasteiger partial charge is 0.300 e. The lowest BCUT2D eigenvalue weighted by atomic mass is 9.78. The number of fused-ring (bicyclic) bond motifs is 1. The first-order valence-corrected chi connectivity index (χ1v) is 8.03. The fourth-order valence-electron chi connectivity index (χ4n) is 4.00. The quantitative estimate of drug-likeness (QED) is 0.509. The third-order valence-electron chi connectivity index (χ3n) is 5.11. The zero-order valence-electron chi connectivity index (χ0n) is 12.7. The lowest BCUT2D eigenvalue weighted by Gasteiger charge is -2.44. The summed E-state index contributed by atoms with van der Waals surface area (Å²) < 4.78 is 5.53. The molecule has 1 saturated carbocycles. The van der Waals surface area contributed by atoms with Gasteiger partial charge >= 0.3 is 5.91 Å². The van der Waals surface area contributed by atoms with Gasteiger partial charge < -0.3 is 4.42 Å². The van der Waals surface area contributed by atoms with Crippen LogP contribution in [0.5, 0.6) is 0 Å². The molecule has 1 aromatic rings. The maximum atomic E-state index is 11.6. The molecule has 0 aromatic carbocycles. The number of hydrogen-bond donors (Lipinski definition) is 2. The Morgan fingerprint density at radius 2 is 2.14 bits per heavy atom. The molecule has 1 aliphatic carbocycles. The van der Waals surface area contributed by atoms with E-state index in [4.69, 9.17) is 10.3 Å². The summed E-state index contributed by atoms with van der Waals surface area (Å²) in [5.41, 5.74) is 3.24. The number of aryl methyl sites for hydroxylation is 1. The molecule has 1 aromatic heterocycles. The van der Waals surface area contributed by atoms with E-state index in [0.29, 0.717) is 11.8 Å². The summed E-state index contributed by atoms with van der Waals surface area (Å²) in [4.78, 5) is 14.1. The number of nitrogens with zero attached hydrogens (tertiary/aromatic N) is 1. The van der Waals surface area contributed by atoms with Gasteiger partial charge in [0.15, 0.2) is 5.76 Å². The predicted octanol–water partition coefficient (Wildman–Crippen LogP) is 2.35. The van der Waals surface area contributed by atoms with Crippen molar-refractivity contribution < 1.29 is 9.21 Å². The third kappa shape index (κ3) is 2.99. The predicted molar refractivity (Wildman–Crippen MR) is 80.5 cm³/mol. The Hall–Kier alpha value is -1.33. The zero-order chi connectivity index (χ0) is 14.8. The number of likely N-dealkylation sites (tertiary alicyclic amines) is 1. The van der Waals surface area contributed by atoms with Crippen molar-refractivity contribution in [3.05, 3.63) is 23.2 Å². The van der Waals surface area contributed by atoms with Gasteiger partial charge in [-0.3, -0.25) is 15.1 Å². The van der Waals surface area contributed by atoms with Crippen LogP contribution < -0.4 is 11.3 Å². The van der Waals surface area contributed by atoms with Gasteiger partial charge in [-0.25, -0.2) is 5.84 Å². The van der Waals surface area contributed by atoms with Crippen LogP contribution in [0, 0.1) is 12.8 Å². The highest BCUT2D eigenvalue weighted by molar-refractivity contribution is 5.91. The van der Waals surface area contributed by atoms with E-state index < -0.39 is 0 Å². The van der Waals surface area contributed by atoms with E-state index >= 15 is 0 Å². The number of nitrogens with one attached hydrogen (secondary N) is 1. The maximum Gasteiger partial charge on any atom is 0.300 e. The number of amides is 1. The van der Waals surface area contributed by atoms with Crippen LogP contribution in [0.2, 0.25) is 0 Å². The largest absolute Gasteiger partial charge is 0.456 e. The van der Waals surface area contributed by atoms with E-state index in [9.17, 15) is 4.79 Å². The van der Waals surface area contributed by atoms with Crippen molar-refractivity contribution in [3.8, 4) is 0 Å². The van der Waals surface area contributed by atoms with Crippen LogP contribution in [0.1, 0.15) is 60.4 Å². The minimum absolute atomic E-state index is 0.308. The second kappa shape index (κ2) is 6.20. The molecule has 2 fully saturated rings. The van der Waals surface area contributed by atoms with Crippen LogP contribution in [0.15, 0.2) is 10.5 Å². The molecule has 0 bridgehead atoms. The standard InChI is InChI=1S/C16H25N3O2/c1-11-13(9-15(21-11)16(20)18-17)10-19-8-4-6-12-5-2-3-7-14(12)19/h9,12,14H,2-8,10,17H2,1H3,(H,18,20)/t12-,14-/m1/s1. The number of rotatable bonds is 3. The minimum atomic E-state index is -0.362. The van der Waals surface area contributed by atoms with Crippen LogP contribution >= 0.6 is 0 Å². The van der Waals surface area contributed by atoms with Crippen molar-refractivity contribution in [2.24, 2.45) is 11.8 Å². The van der Waals surface area contributed by atoms with Gasteiger partial charge in [0.05, 0.1) is 0 Å². The van der Waals surface area contributed by atoms with E-state index in [2.05, 4.69) is 10.3 Å². The molecule has 2 atom stereocenters. The summed E-state index contributed by atoms with van der Waals surface area (Å²) in [5.74, 6) is 6.80. The Balaban J connectivity index is 1.73. The third-order valence-corrected chi connectivity index (χ3v) is 5.11. The summed E-state index contributed by atoms with van der Waals surface area (Å²) in [6.45, 7) is 3.96. The summed E-state index contributed by atoms with van der Waals surface area (Å²) in [6, 6.07) is 2.55. The van der Waals surface area contributed by atoms with Crippen LogP contribution in [-0.2, 0) is 6.54 Å². The number of carbonyl (C=O) groups excluding carboxylic acids is 1. The Kier molecular flexibility index (Phi) is 4.31. The highest BCUT2D eigenvalue weighted by Gasteiger charge is 2.33. The van der Waals surface area contributed by atoms with E-state index in [0.717, 1.165) is 30.3 Å². The Bertz CT molecular complexity index is 510. The van der Waals surface area contributed by atoms with Gasteiger partial charge in [-0.15, -0.1) is 0 Å². The molecule has 1 aliphatic heterocycles. The fourth-order valence-corrected chi connectivity index (χ4v) is 4.00. The molecular weight excluding hydrogens is 266 g/mol. The number of piperidine rings is 1. The molecule has 1 amide bonds. The molecule has 1 saturated heterocycles. The zero-order valence-corrected chi connectivity index (χ0v) is 12.7. The summed E-state index contributed by atoms with van der Waals surface area (Å²) in [6.07, 6.45) is 8.11. The van der Waals surface area contributed by atoms with Crippen molar-refractivity contribution in [2.75, 3.05) is 6.54 Å². The van der Waals surface area contributed by atoms with Crippen molar-refractivity contribution >= 4 is 5.91 Å². The molecule has 3 N–H and O–H groups in total. The number of nitrogen functional groups attached to an aromatic ring is 1. The molecule has 5 heteroatoms. The number of furan rings is 1. The normalized spacial score (nSPS) is 26.4. The molecule has 116 valence electrons. The highest BCUT2D eigenvalue weighted by atomic mass is 16.4. The second-order valence-electron chi connectivity index (χ2n) is 6.39. The molecular formula is C16H25N3O2. The van der Waals surface area contributed by atoms with Gasteiger partial charge in [-0.2, -0.15) is 0 Å². The number of nitrogens with two attached hydrogens (primary N) is 1. The summed E-state index contributed by atoms with van der Waals surface area (Å²) in [5, 5.41) is 0. The van der Waals surface area contributed by atoms with Crippen molar-refractivity contribution in [1.82, 2.24) is 10.3 Å². The van der Waals surface area contributed by atoms with Gasteiger partial charge in [0, 0.05) is 18.2 Å². The molecule has 3 rings (SSSR count). The number of carbonyl (C=O) groups is 1. The molecule has 0 unspecified atom stereocenters. The monoisotopic (exact) mass is 291 g/mol. The number of hydrazine groups is 1. The topological polar surface area (TPSA) is 71.5 Å². The summed E-state index contributed by atoms with van der Waals surface area (Å²) >= 11 is 0. The van der Waals surface area contributed by atoms with Crippen LogP contribution in [0.3, 0.4) is 0 Å². The van der Waals surface area contributed by atoms with Crippen molar-refractivity contribution in [3.63, 3.8) is 0 Å². The molecule has 5 nitrogen and oxygen atoms in total. The Morgan fingerprint density at radius 3 is 2.95 bits per heavy atom. The van der Waals surface area contributed by atoms with Crippen LogP contribution in [0.25, 0.3) is 0 Å². The lowest BCUT2D eigenvalue weighted by molar-refractivity contribution is 0.0544. The second-order valence-corrected chi connectivity index (χ2v) is 6.39. The van der Waals surface area contributed by atoms with Crippen LogP contribution in [-0.4, -0.2) is 23.4 Å². The van der Waals surface area contributed by atoms with Gasteiger partial charge in [0.1, 0.15) is 5.76 Å². The Labute approximate surface area is 125 Å². The number of hydrogen-bond acceptors (Lipinski definition) is 4. The van der Waals surface area contributed by atoms with Gasteiger partial charge in [0.2, 0.25) is 0 Å². The first kappa shape index (κ1) is 14.6. The van der Waals surface area contributed by atoms with Gasteiger partial charge in [0.25, 0.3) is 0 Å². The van der Waals surface area contributed by atoms with E-state index in [-0.39, 0.29) is 5.91 Å². The first-order chi connectivity index (χ1) is 10.2. The van der Waals surface area contributed by atoms with Crippen molar-refractivity contribution in [1.29, 1.82) is 0 Å². The Morgan fingerprint density at radius 1 is 1.38 bits per heavy atom. The van der Waals surface area contributed by atoms with Gasteiger partial charge in [-0.05, 0) is 51.1 Å². The average Bonchev–Trinajstić information content (AvgIpc) is 2.88. The fraction of sp³-hybridized carbons (Fsp3) is 0.688. The molecule has 2 heterocycles. The minimum Gasteiger partial charge on any atom is -0.456 e. The molecule has 21 heavy (non-hydrogen) atoms. The van der Waals surface area contributed by atoms with E-state index in [1.807, 2.05) is 13.0 Å². The first-order valence-electron chi connectivity index (χ1n) is 8.03. The SMILES string of the molecule is Cc1oc(C(=O)NN)cc1CN1CCC[C@H]2CCCC[C@H]21. The van der Waals surface area contributed by atoms with Crippen LogP contribution in [0.4, 0.5) is 0 Å². The van der Waals surface area contributed by atoms with Crippen molar-refractivity contribution in [2.45, 2.75) is 58.0 Å². The van der Waals surface area contributed by atoms with Gasteiger partial charge in [-0.1, -0.05) is 12.8 Å². The summed E-state index contributed by atoms with van der Waals surface area (Å²) in [7, 11) is 0. The molecule has 0 radical (unpaired) electrons. The highest BCUT2D eigenvalue weighted by Crippen LogP contribution is 2.36. The lowest BCUT2D eigenvalue weighted by Crippen LogP contribution is -2.46.